The molecule has 0 spiro atoms. The van der Waals surface area contributed by atoms with Crippen molar-refractivity contribution in [1.29, 1.82) is 0 Å². The summed E-state index contributed by atoms with van der Waals surface area (Å²) in [5, 5.41) is 15.1. The van der Waals surface area contributed by atoms with Crippen LogP contribution in [0.4, 0.5) is 5.69 Å². The minimum Gasteiger partial charge on any atom is -0.392 e. The van der Waals surface area contributed by atoms with E-state index in [1.807, 2.05) is 18.2 Å². The van der Waals surface area contributed by atoms with Crippen molar-refractivity contribution >= 4 is 11.6 Å². The Morgan fingerprint density at radius 3 is 3.12 bits per heavy atom. The predicted octanol–water partition coefficient (Wildman–Crippen LogP) is 1.08. The maximum atomic E-state index is 11.7. The van der Waals surface area contributed by atoms with Crippen LogP contribution in [0.15, 0.2) is 24.3 Å². The second-order valence-electron chi connectivity index (χ2n) is 4.52. The van der Waals surface area contributed by atoms with E-state index >= 15 is 0 Å². The molecule has 1 aliphatic rings. The Morgan fingerprint density at radius 1 is 1.59 bits per heavy atom. The Morgan fingerprint density at radius 2 is 2.35 bits per heavy atom. The van der Waals surface area contributed by atoms with Crippen molar-refractivity contribution < 1.29 is 9.90 Å². The number of rotatable bonds is 4. The van der Waals surface area contributed by atoms with Gasteiger partial charge in [0.15, 0.2) is 0 Å². The number of hydrogen-bond donors (Lipinski definition) is 3. The zero-order valence-electron chi connectivity index (χ0n) is 9.94. The second-order valence-corrected chi connectivity index (χ2v) is 4.52. The summed E-state index contributed by atoms with van der Waals surface area (Å²) in [5.41, 5.74) is 2.33. The maximum Gasteiger partial charge on any atom is 0.220 e. The zero-order chi connectivity index (χ0) is 12.3. The Hall–Kier alpha value is -1.55. The standard InChI is InChI=1S/C13H18N2O2/c1-9(16)7-15-13(17)6-10-8-14-12-5-3-2-4-11(10)12/h2-5,9-10,14,16H,6-8H2,1H3,(H,15,17)/t9-,10?/m0/s1. The molecule has 0 radical (unpaired) electrons. The van der Waals surface area contributed by atoms with Crippen LogP contribution in [-0.4, -0.2) is 30.2 Å². The van der Waals surface area contributed by atoms with Gasteiger partial charge in [-0.3, -0.25) is 4.79 Å². The first kappa shape index (κ1) is 11.9. The van der Waals surface area contributed by atoms with E-state index in [9.17, 15) is 4.79 Å². The van der Waals surface area contributed by atoms with Crippen molar-refractivity contribution in [3.63, 3.8) is 0 Å². The summed E-state index contributed by atoms with van der Waals surface area (Å²) in [6, 6.07) is 8.07. The number of aliphatic hydroxyl groups excluding tert-OH is 1. The Balaban J connectivity index is 1.91. The lowest BCUT2D eigenvalue weighted by atomic mass is 9.97. The third-order valence-corrected chi connectivity index (χ3v) is 2.97. The molecule has 92 valence electrons. The summed E-state index contributed by atoms with van der Waals surface area (Å²) < 4.78 is 0. The molecule has 0 aromatic heterocycles. The average molecular weight is 234 g/mol. The van der Waals surface area contributed by atoms with Gasteiger partial charge in [0.1, 0.15) is 0 Å². The molecule has 2 rings (SSSR count). The molecule has 1 aromatic rings. The second kappa shape index (κ2) is 5.19. The Kier molecular flexibility index (Phi) is 3.64. The molecule has 1 heterocycles. The molecule has 3 N–H and O–H groups in total. The van der Waals surface area contributed by atoms with Crippen molar-refractivity contribution in [2.24, 2.45) is 0 Å². The molecule has 0 saturated heterocycles. The van der Waals surface area contributed by atoms with Gasteiger partial charge < -0.3 is 15.7 Å². The largest absolute Gasteiger partial charge is 0.392 e. The topological polar surface area (TPSA) is 61.4 Å². The summed E-state index contributed by atoms with van der Waals surface area (Å²) in [4.78, 5) is 11.7. The van der Waals surface area contributed by atoms with Gasteiger partial charge in [0, 0.05) is 31.1 Å². The summed E-state index contributed by atoms with van der Waals surface area (Å²) in [6.07, 6.45) is -0.0237. The van der Waals surface area contributed by atoms with Crippen LogP contribution in [0.1, 0.15) is 24.8 Å². The SMILES string of the molecule is C[C@H](O)CNC(=O)CC1CNc2ccccc21. The van der Waals surface area contributed by atoms with Crippen LogP contribution in [0.3, 0.4) is 0 Å². The molecule has 0 aliphatic carbocycles. The number of carbonyl (C=O) groups is 1. The van der Waals surface area contributed by atoms with Gasteiger partial charge >= 0.3 is 0 Å². The van der Waals surface area contributed by atoms with Gasteiger partial charge in [0.25, 0.3) is 0 Å². The van der Waals surface area contributed by atoms with E-state index in [1.54, 1.807) is 6.92 Å². The first-order valence-corrected chi connectivity index (χ1v) is 5.94. The van der Waals surface area contributed by atoms with E-state index in [0.29, 0.717) is 13.0 Å². The molecule has 2 atom stereocenters. The fourth-order valence-electron chi connectivity index (χ4n) is 2.10. The maximum absolute atomic E-state index is 11.7. The van der Waals surface area contributed by atoms with Crippen LogP contribution in [0.2, 0.25) is 0 Å². The van der Waals surface area contributed by atoms with Gasteiger partial charge in [-0.15, -0.1) is 0 Å². The van der Waals surface area contributed by atoms with Crippen molar-refractivity contribution in [3.8, 4) is 0 Å². The van der Waals surface area contributed by atoms with E-state index in [4.69, 9.17) is 5.11 Å². The van der Waals surface area contributed by atoms with Crippen LogP contribution in [0.5, 0.6) is 0 Å². The highest BCUT2D eigenvalue weighted by Gasteiger charge is 2.23. The molecule has 0 bridgehead atoms. The summed E-state index contributed by atoms with van der Waals surface area (Å²) in [5.74, 6) is 0.231. The van der Waals surface area contributed by atoms with Crippen LogP contribution >= 0.6 is 0 Å². The van der Waals surface area contributed by atoms with Gasteiger partial charge in [-0.25, -0.2) is 0 Å². The van der Waals surface area contributed by atoms with Gasteiger partial charge in [-0.2, -0.15) is 0 Å². The molecule has 0 fully saturated rings. The zero-order valence-corrected chi connectivity index (χ0v) is 9.94. The lowest BCUT2D eigenvalue weighted by Gasteiger charge is -2.11. The first-order chi connectivity index (χ1) is 8.16. The molecule has 17 heavy (non-hydrogen) atoms. The number of carbonyl (C=O) groups excluding carboxylic acids is 1. The molecule has 0 saturated carbocycles. The number of nitrogens with one attached hydrogen (secondary N) is 2. The Bertz CT molecular complexity index is 404. The lowest BCUT2D eigenvalue weighted by molar-refractivity contribution is -0.121. The number of benzene rings is 1. The highest BCUT2D eigenvalue weighted by molar-refractivity contribution is 5.78. The number of amides is 1. The Labute approximate surface area is 101 Å². The number of anilines is 1. The summed E-state index contributed by atoms with van der Waals surface area (Å²) in [7, 11) is 0. The third-order valence-electron chi connectivity index (χ3n) is 2.97. The predicted molar refractivity (Wildman–Crippen MR) is 67.0 cm³/mol. The smallest absolute Gasteiger partial charge is 0.220 e. The minimum atomic E-state index is -0.493. The van der Waals surface area contributed by atoms with E-state index in [0.717, 1.165) is 12.2 Å². The summed E-state index contributed by atoms with van der Waals surface area (Å²) >= 11 is 0. The molecule has 1 amide bonds. The first-order valence-electron chi connectivity index (χ1n) is 5.94. The van der Waals surface area contributed by atoms with Crippen molar-refractivity contribution in [3.05, 3.63) is 29.8 Å². The van der Waals surface area contributed by atoms with Crippen molar-refractivity contribution in [2.75, 3.05) is 18.4 Å². The fourth-order valence-corrected chi connectivity index (χ4v) is 2.10. The van der Waals surface area contributed by atoms with E-state index in [-0.39, 0.29) is 11.8 Å². The highest BCUT2D eigenvalue weighted by Crippen LogP contribution is 2.32. The third kappa shape index (κ3) is 2.97. The monoisotopic (exact) mass is 234 g/mol. The summed E-state index contributed by atoms with van der Waals surface area (Å²) in [6.45, 7) is 2.79. The number of hydrogen-bond acceptors (Lipinski definition) is 3. The fraction of sp³-hybridized carbons (Fsp3) is 0.462. The van der Waals surface area contributed by atoms with Crippen LogP contribution in [0, 0.1) is 0 Å². The molecule has 1 aromatic carbocycles. The van der Waals surface area contributed by atoms with E-state index in [2.05, 4.69) is 16.7 Å². The number of para-hydroxylation sites is 1. The van der Waals surface area contributed by atoms with Gasteiger partial charge in [0.05, 0.1) is 6.10 Å². The number of aliphatic hydroxyl groups is 1. The van der Waals surface area contributed by atoms with E-state index in [1.165, 1.54) is 5.56 Å². The minimum absolute atomic E-state index is 0.00518. The van der Waals surface area contributed by atoms with Gasteiger partial charge in [-0.05, 0) is 18.6 Å². The lowest BCUT2D eigenvalue weighted by Crippen LogP contribution is -2.31. The molecular formula is C13H18N2O2. The molecule has 4 heteroatoms. The highest BCUT2D eigenvalue weighted by atomic mass is 16.3. The van der Waals surface area contributed by atoms with Crippen LogP contribution in [-0.2, 0) is 4.79 Å². The molecular weight excluding hydrogens is 216 g/mol. The van der Waals surface area contributed by atoms with E-state index < -0.39 is 6.10 Å². The van der Waals surface area contributed by atoms with Gasteiger partial charge in [-0.1, -0.05) is 18.2 Å². The van der Waals surface area contributed by atoms with Crippen LogP contribution in [0.25, 0.3) is 0 Å². The molecule has 4 nitrogen and oxygen atoms in total. The number of fused-ring (bicyclic) bond motifs is 1. The van der Waals surface area contributed by atoms with Crippen molar-refractivity contribution in [2.45, 2.75) is 25.4 Å². The van der Waals surface area contributed by atoms with Crippen molar-refractivity contribution in [1.82, 2.24) is 5.32 Å². The molecule has 1 unspecified atom stereocenters. The average Bonchev–Trinajstić information content (AvgIpc) is 2.70. The van der Waals surface area contributed by atoms with Gasteiger partial charge in [0.2, 0.25) is 5.91 Å². The van der Waals surface area contributed by atoms with Crippen LogP contribution < -0.4 is 10.6 Å². The molecule has 1 aliphatic heterocycles. The quantitative estimate of drug-likeness (QED) is 0.730. The normalized spacial score (nSPS) is 19.3.